The molecule has 0 aromatic heterocycles. The Labute approximate surface area is 324 Å². The van der Waals surface area contributed by atoms with Crippen molar-refractivity contribution in [3.05, 3.63) is 156 Å². The third-order valence-electron chi connectivity index (χ3n) is 11.5. The molecule has 5 aromatic carbocycles. The van der Waals surface area contributed by atoms with E-state index >= 15 is 9.59 Å². The Morgan fingerprint density at radius 3 is 2.21 bits per heavy atom. The number of aliphatic hydroxyl groups excluding tert-OH is 1. The molecule has 0 unspecified atom stereocenters. The van der Waals surface area contributed by atoms with Gasteiger partial charge in [-0.3, -0.25) is 19.3 Å². The van der Waals surface area contributed by atoms with Crippen LogP contribution in [0.1, 0.15) is 40.4 Å². The van der Waals surface area contributed by atoms with Gasteiger partial charge in [0.25, 0.3) is 0 Å². The first-order valence-corrected chi connectivity index (χ1v) is 19.0. The number of nitrogens with one attached hydrogen (secondary N) is 2. The molecule has 0 radical (unpaired) electrons. The van der Waals surface area contributed by atoms with E-state index in [1.54, 1.807) is 6.07 Å². The molecular formula is C45H42N4O7. The molecule has 284 valence electrons. The summed E-state index contributed by atoms with van der Waals surface area (Å²) < 4.78 is 17.9. The second-order valence-corrected chi connectivity index (χ2v) is 14.5. The van der Waals surface area contributed by atoms with Crippen molar-refractivity contribution in [3.63, 3.8) is 0 Å². The van der Waals surface area contributed by atoms with E-state index in [-0.39, 0.29) is 13.2 Å². The van der Waals surface area contributed by atoms with Gasteiger partial charge in [0.05, 0.1) is 37.8 Å². The summed E-state index contributed by atoms with van der Waals surface area (Å²) in [5.74, 6) is -2.23. The molecule has 0 aliphatic carbocycles. The van der Waals surface area contributed by atoms with Gasteiger partial charge in [0.2, 0.25) is 11.8 Å². The number of morpholine rings is 2. The largest absolute Gasteiger partial charge is 0.491 e. The highest BCUT2D eigenvalue weighted by Crippen LogP contribution is 2.65. The monoisotopic (exact) mass is 750 g/mol. The molecule has 0 bridgehead atoms. The number of ether oxygens (including phenoxy) is 3. The van der Waals surface area contributed by atoms with Crippen molar-refractivity contribution < 1.29 is 33.7 Å². The van der Waals surface area contributed by atoms with Crippen LogP contribution in [0.2, 0.25) is 0 Å². The summed E-state index contributed by atoms with van der Waals surface area (Å²) in [5, 5.41) is 15.9. The Balaban J connectivity index is 1.25. The zero-order chi connectivity index (χ0) is 38.2. The number of rotatable bonds is 9. The van der Waals surface area contributed by atoms with Gasteiger partial charge in [-0.1, -0.05) is 91.0 Å². The highest BCUT2D eigenvalue weighted by Gasteiger charge is 2.74. The number of esters is 1. The molecule has 11 heteroatoms. The van der Waals surface area contributed by atoms with E-state index in [1.165, 1.54) is 0 Å². The number of hydrogen-bond donors (Lipinski definition) is 3. The smallest absolute Gasteiger partial charge is 0.324 e. The minimum absolute atomic E-state index is 0.0688. The van der Waals surface area contributed by atoms with Gasteiger partial charge in [-0.25, -0.2) is 0 Å². The quantitative estimate of drug-likeness (QED) is 0.160. The van der Waals surface area contributed by atoms with Crippen LogP contribution in [0.4, 0.5) is 17.1 Å². The maximum Gasteiger partial charge on any atom is 0.324 e. The number of benzene rings is 5. The van der Waals surface area contributed by atoms with Gasteiger partial charge in [-0.15, -0.1) is 0 Å². The molecule has 4 heterocycles. The van der Waals surface area contributed by atoms with Crippen LogP contribution in [0.5, 0.6) is 5.75 Å². The molecule has 11 nitrogen and oxygen atoms in total. The van der Waals surface area contributed by atoms with Gasteiger partial charge in [-0.2, -0.15) is 0 Å². The van der Waals surface area contributed by atoms with Crippen molar-refractivity contribution in [2.45, 2.75) is 29.6 Å². The van der Waals surface area contributed by atoms with Crippen LogP contribution in [0.15, 0.2) is 133 Å². The molecule has 4 aliphatic rings. The van der Waals surface area contributed by atoms with E-state index in [0.717, 1.165) is 29.9 Å². The lowest BCUT2D eigenvalue weighted by molar-refractivity contribution is -0.177. The minimum Gasteiger partial charge on any atom is -0.491 e. The second-order valence-electron chi connectivity index (χ2n) is 14.5. The zero-order valence-corrected chi connectivity index (χ0v) is 30.6. The Kier molecular flexibility index (Phi) is 9.50. The molecule has 2 amide bonds. The number of fused-ring (bicyclic) bond motifs is 3. The van der Waals surface area contributed by atoms with Crippen molar-refractivity contribution in [3.8, 4) is 5.75 Å². The minimum atomic E-state index is -1.60. The molecule has 6 atom stereocenters. The fraction of sp³-hybridized carbons (Fsp3) is 0.267. The number of carbonyl (C=O) groups excluding carboxylic acids is 3. The Morgan fingerprint density at radius 2 is 1.48 bits per heavy atom. The van der Waals surface area contributed by atoms with E-state index in [4.69, 9.17) is 14.2 Å². The summed E-state index contributed by atoms with van der Waals surface area (Å²) in [4.78, 5) is 49.7. The molecule has 3 saturated heterocycles. The number of amides is 2. The van der Waals surface area contributed by atoms with Gasteiger partial charge < -0.3 is 34.9 Å². The van der Waals surface area contributed by atoms with Crippen molar-refractivity contribution in [1.82, 2.24) is 4.90 Å². The lowest BCUT2D eigenvalue weighted by atomic mass is 9.65. The number of para-hydroxylation sites is 1. The van der Waals surface area contributed by atoms with Gasteiger partial charge >= 0.3 is 5.97 Å². The molecule has 1 spiro atoms. The fourth-order valence-electron chi connectivity index (χ4n) is 9.29. The van der Waals surface area contributed by atoms with E-state index in [2.05, 4.69) is 20.4 Å². The van der Waals surface area contributed by atoms with Crippen LogP contribution in [-0.4, -0.2) is 73.3 Å². The summed E-state index contributed by atoms with van der Waals surface area (Å²) in [6, 6.07) is 39.1. The first kappa shape index (κ1) is 35.7. The van der Waals surface area contributed by atoms with E-state index in [0.29, 0.717) is 41.5 Å². The van der Waals surface area contributed by atoms with Crippen molar-refractivity contribution in [2.75, 3.05) is 55.1 Å². The third kappa shape index (κ3) is 5.99. The van der Waals surface area contributed by atoms with Gasteiger partial charge in [0.1, 0.15) is 29.9 Å². The maximum absolute atomic E-state index is 15.3. The lowest BCUT2D eigenvalue weighted by Crippen LogP contribution is -2.53. The Hall–Kier alpha value is -6.01. The Morgan fingerprint density at radius 1 is 0.804 bits per heavy atom. The number of carbonyl (C=O) groups is 3. The van der Waals surface area contributed by atoms with E-state index < -0.39 is 53.3 Å². The Bertz CT molecular complexity index is 2230. The first-order chi connectivity index (χ1) is 27.5. The highest BCUT2D eigenvalue weighted by molar-refractivity contribution is 6.13. The molecular weight excluding hydrogens is 709 g/mol. The van der Waals surface area contributed by atoms with Crippen LogP contribution in [0, 0.1) is 5.92 Å². The topological polar surface area (TPSA) is 130 Å². The lowest BCUT2D eigenvalue weighted by Gasteiger charge is -2.46. The van der Waals surface area contributed by atoms with Gasteiger partial charge in [0.15, 0.2) is 0 Å². The number of anilines is 3. The number of nitrogens with zero attached hydrogens (tertiary/aromatic N) is 2. The third-order valence-corrected chi connectivity index (χ3v) is 11.5. The zero-order valence-electron chi connectivity index (χ0n) is 30.6. The van der Waals surface area contributed by atoms with Crippen LogP contribution >= 0.6 is 0 Å². The standard InChI is InChI=1S/C45H42N4O7/c50-24-27-55-34-15-9-14-31(28-34)41-45(35-16-7-8-17-36(35)47-44(45)53)37(42(51)46-32-18-20-33(21-19-32)48-22-25-54-26-23-48)39-43(52)56-40(30-12-5-2-6-13-30)38(49(39)41)29-10-3-1-4-11-29/h1-21,28,37-41,50H,22-27H2,(H,46,51)(H,47,53)/t37-,38-,39-,40+,41+,45-/m1/s1. The number of aliphatic hydroxyl groups is 1. The average molecular weight is 751 g/mol. The SMILES string of the molecule is O=C1O[C@@H](c2ccccc2)[C@@H](c2ccccc2)N2[C@@H](c3cccc(OCCO)c3)[C@]3(C(=O)Nc4ccccc43)[C@@H](C(=O)Nc3ccc(N4CCOCC4)cc3)[C@H]12. The normalized spacial score (nSPS) is 25.6. The summed E-state index contributed by atoms with van der Waals surface area (Å²) in [6.45, 7) is 2.71. The summed E-state index contributed by atoms with van der Waals surface area (Å²) in [5.41, 5.74) is 3.45. The fourth-order valence-corrected chi connectivity index (χ4v) is 9.29. The molecule has 0 saturated carbocycles. The van der Waals surface area contributed by atoms with E-state index in [1.807, 2.05) is 127 Å². The van der Waals surface area contributed by atoms with Crippen LogP contribution in [-0.2, 0) is 29.3 Å². The van der Waals surface area contributed by atoms with Crippen molar-refractivity contribution in [1.29, 1.82) is 0 Å². The average Bonchev–Trinajstić information content (AvgIpc) is 3.73. The van der Waals surface area contributed by atoms with E-state index in [9.17, 15) is 9.90 Å². The number of hydrogen-bond acceptors (Lipinski definition) is 9. The summed E-state index contributed by atoms with van der Waals surface area (Å²) in [6.07, 6.45) is -0.773. The van der Waals surface area contributed by atoms with Crippen LogP contribution < -0.4 is 20.3 Å². The summed E-state index contributed by atoms with van der Waals surface area (Å²) >= 11 is 0. The first-order valence-electron chi connectivity index (χ1n) is 19.0. The summed E-state index contributed by atoms with van der Waals surface area (Å²) in [7, 11) is 0. The highest BCUT2D eigenvalue weighted by atomic mass is 16.6. The molecule has 3 N–H and O–H groups in total. The van der Waals surface area contributed by atoms with Gasteiger partial charge in [-0.05, 0) is 64.7 Å². The van der Waals surface area contributed by atoms with Gasteiger partial charge in [0, 0.05) is 30.2 Å². The molecule has 4 aliphatic heterocycles. The molecule has 5 aromatic rings. The molecule has 9 rings (SSSR count). The molecule has 3 fully saturated rings. The molecule has 56 heavy (non-hydrogen) atoms. The second kappa shape index (κ2) is 14.9. The maximum atomic E-state index is 15.3. The number of cyclic esters (lactones) is 1. The predicted octanol–water partition coefficient (Wildman–Crippen LogP) is 5.80. The van der Waals surface area contributed by atoms with Crippen LogP contribution in [0.3, 0.4) is 0 Å². The van der Waals surface area contributed by atoms with Crippen molar-refractivity contribution in [2.24, 2.45) is 5.92 Å². The van der Waals surface area contributed by atoms with Crippen molar-refractivity contribution >= 4 is 34.8 Å². The predicted molar refractivity (Wildman–Crippen MR) is 210 cm³/mol. The van der Waals surface area contributed by atoms with Crippen LogP contribution in [0.25, 0.3) is 0 Å².